The molecule has 1 unspecified atom stereocenters. The van der Waals surface area contributed by atoms with Gasteiger partial charge < -0.3 is 19.1 Å². The van der Waals surface area contributed by atoms with Gasteiger partial charge in [0.25, 0.3) is 0 Å². The van der Waals surface area contributed by atoms with Crippen molar-refractivity contribution >= 4 is 17.0 Å². The summed E-state index contributed by atoms with van der Waals surface area (Å²) in [4.78, 5) is 18.8. The van der Waals surface area contributed by atoms with Crippen LogP contribution < -0.4 is 9.47 Å². The molecule has 1 amide bonds. The topological polar surface area (TPSA) is 78.7 Å². The van der Waals surface area contributed by atoms with Crippen LogP contribution in [0.1, 0.15) is 38.8 Å². The van der Waals surface area contributed by atoms with Crippen molar-refractivity contribution in [1.82, 2.24) is 19.7 Å². The molecule has 0 radical (unpaired) electrons. The molecule has 1 saturated heterocycles. The molecule has 0 spiro atoms. The van der Waals surface area contributed by atoms with Gasteiger partial charge in [-0.1, -0.05) is 6.07 Å². The molecule has 0 aliphatic carbocycles. The molecular formula is C29H31FN4O4. The van der Waals surface area contributed by atoms with Gasteiger partial charge >= 0.3 is 6.09 Å². The third-order valence-corrected chi connectivity index (χ3v) is 6.46. The molecule has 1 atom stereocenters. The van der Waals surface area contributed by atoms with Gasteiger partial charge in [0.2, 0.25) is 5.82 Å². The minimum atomic E-state index is -0.553. The van der Waals surface area contributed by atoms with Crippen LogP contribution in [0.4, 0.5) is 9.18 Å². The number of ether oxygens (including phenoxy) is 3. The summed E-state index contributed by atoms with van der Waals surface area (Å²) in [5.41, 5.74) is 3.11. The lowest BCUT2D eigenvalue weighted by Crippen LogP contribution is -2.35. The van der Waals surface area contributed by atoms with E-state index in [1.165, 1.54) is 7.11 Å². The highest BCUT2D eigenvalue weighted by atomic mass is 19.1. The van der Waals surface area contributed by atoms with Gasteiger partial charge in [-0.3, -0.25) is 9.67 Å². The molecule has 1 fully saturated rings. The number of aryl methyl sites for hydroxylation is 1. The van der Waals surface area contributed by atoms with Gasteiger partial charge in [0, 0.05) is 36.4 Å². The molecule has 0 saturated carbocycles. The molecule has 5 rings (SSSR count). The number of pyridine rings is 1. The van der Waals surface area contributed by atoms with Crippen LogP contribution in [0.15, 0.2) is 54.9 Å². The number of aromatic nitrogens is 3. The van der Waals surface area contributed by atoms with Crippen molar-refractivity contribution in [1.29, 1.82) is 0 Å². The maximum absolute atomic E-state index is 14.5. The standard InChI is InChI=1S/C29H31FN4O4/c1-18-15-31-16-22-26(19-9-11-21(12-10-19)37-24-8-6-7-23(36-5)25(24)30)32-34(27(18)22)20-13-14-33(17-20)28(35)38-29(2,3)4/h6-12,15-16,20H,13-14,17H2,1-5H3. The van der Waals surface area contributed by atoms with Gasteiger partial charge in [0.05, 0.1) is 18.7 Å². The van der Waals surface area contributed by atoms with Crippen molar-refractivity contribution in [3.63, 3.8) is 0 Å². The van der Waals surface area contributed by atoms with E-state index in [1.54, 1.807) is 35.2 Å². The Kier molecular flexibility index (Phi) is 6.69. The summed E-state index contributed by atoms with van der Waals surface area (Å²) < 4.78 is 32.9. The monoisotopic (exact) mass is 518 g/mol. The number of hydrogen-bond acceptors (Lipinski definition) is 6. The first-order valence-corrected chi connectivity index (χ1v) is 12.6. The highest BCUT2D eigenvalue weighted by Gasteiger charge is 2.32. The van der Waals surface area contributed by atoms with Crippen LogP contribution in [0.3, 0.4) is 0 Å². The Morgan fingerprint density at radius 2 is 1.82 bits per heavy atom. The summed E-state index contributed by atoms with van der Waals surface area (Å²) in [5.74, 6) is 0.142. The molecule has 9 heteroatoms. The van der Waals surface area contributed by atoms with Crippen LogP contribution in [0.2, 0.25) is 0 Å². The number of amides is 1. The number of hydrogen-bond donors (Lipinski definition) is 0. The van der Waals surface area contributed by atoms with Crippen molar-refractivity contribution < 1.29 is 23.4 Å². The molecule has 2 aromatic heterocycles. The van der Waals surface area contributed by atoms with E-state index in [9.17, 15) is 9.18 Å². The van der Waals surface area contributed by atoms with Gasteiger partial charge in [-0.2, -0.15) is 9.49 Å². The molecule has 4 aromatic rings. The molecule has 3 heterocycles. The second kappa shape index (κ2) is 9.96. The number of carbonyl (C=O) groups is 1. The molecule has 8 nitrogen and oxygen atoms in total. The van der Waals surface area contributed by atoms with Crippen LogP contribution in [0.25, 0.3) is 22.2 Å². The summed E-state index contributed by atoms with van der Waals surface area (Å²) in [6.45, 7) is 8.74. The van der Waals surface area contributed by atoms with Gasteiger partial charge in [-0.05, 0) is 76.1 Å². The van der Waals surface area contributed by atoms with E-state index in [0.717, 1.165) is 34.1 Å². The Morgan fingerprint density at radius 3 is 2.53 bits per heavy atom. The summed E-state index contributed by atoms with van der Waals surface area (Å²) in [5, 5.41) is 5.93. The first-order valence-electron chi connectivity index (χ1n) is 12.6. The number of likely N-dealkylation sites (tertiary alicyclic amines) is 1. The van der Waals surface area contributed by atoms with Gasteiger partial charge in [0.1, 0.15) is 17.0 Å². The normalized spacial score (nSPS) is 15.6. The average molecular weight is 519 g/mol. The zero-order valence-corrected chi connectivity index (χ0v) is 22.2. The molecule has 2 aromatic carbocycles. The summed E-state index contributed by atoms with van der Waals surface area (Å²) in [7, 11) is 1.41. The molecule has 0 N–H and O–H groups in total. The molecule has 198 valence electrons. The number of fused-ring (bicyclic) bond motifs is 1. The minimum Gasteiger partial charge on any atom is -0.494 e. The molecular weight excluding hydrogens is 487 g/mol. The fourth-order valence-electron chi connectivity index (χ4n) is 4.69. The Hall–Kier alpha value is -4.14. The summed E-state index contributed by atoms with van der Waals surface area (Å²) >= 11 is 0. The fourth-order valence-corrected chi connectivity index (χ4v) is 4.69. The van der Waals surface area contributed by atoms with Crippen LogP contribution >= 0.6 is 0 Å². The average Bonchev–Trinajstić information content (AvgIpc) is 3.51. The van der Waals surface area contributed by atoms with Crippen LogP contribution in [-0.4, -0.2) is 51.6 Å². The number of benzene rings is 2. The van der Waals surface area contributed by atoms with E-state index in [0.29, 0.717) is 18.8 Å². The van der Waals surface area contributed by atoms with Crippen LogP contribution in [0, 0.1) is 12.7 Å². The van der Waals surface area contributed by atoms with E-state index >= 15 is 0 Å². The number of rotatable bonds is 5. The van der Waals surface area contributed by atoms with Crippen LogP contribution in [-0.2, 0) is 4.74 Å². The predicted molar refractivity (Wildman–Crippen MR) is 142 cm³/mol. The van der Waals surface area contributed by atoms with Crippen molar-refractivity contribution in [3.8, 4) is 28.5 Å². The predicted octanol–water partition coefficient (Wildman–Crippen LogP) is 6.53. The zero-order valence-electron chi connectivity index (χ0n) is 22.2. The number of methoxy groups -OCH3 is 1. The molecule has 1 aliphatic heterocycles. The Balaban J connectivity index is 1.43. The maximum Gasteiger partial charge on any atom is 0.410 e. The lowest BCUT2D eigenvalue weighted by atomic mass is 10.1. The van der Waals surface area contributed by atoms with E-state index in [-0.39, 0.29) is 23.6 Å². The highest BCUT2D eigenvalue weighted by Crippen LogP contribution is 2.36. The largest absolute Gasteiger partial charge is 0.494 e. The van der Waals surface area contributed by atoms with E-state index < -0.39 is 11.4 Å². The lowest BCUT2D eigenvalue weighted by molar-refractivity contribution is 0.0288. The molecule has 1 aliphatic rings. The van der Waals surface area contributed by atoms with Crippen molar-refractivity contribution in [2.75, 3.05) is 20.2 Å². The molecule has 38 heavy (non-hydrogen) atoms. The van der Waals surface area contributed by atoms with Gasteiger partial charge in [0.15, 0.2) is 11.5 Å². The molecule has 0 bridgehead atoms. The van der Waals surface area contributed by atoms with Crippen molar-refractivity contribution in [2.45, 2.75) is 45.8 Å². The summed E-state index contributed by atoms with van der Waals surface area (Å²) in [6, 6.07) is 12.1. The van der Waals surface area contributed by atoms with Crippen molar-refractivity contribution in [3.05, 3.63) is 66.2 Å². The lowest BCUT2D eigenvalue weighted by Gasteiger charge is -2.24. The van der Waals surface area contributed by atoms with Crippen molar-refractivity contribution in [2.24, 2.45) is 0 Å². The minimum absolute atomic E-state index is 0.0125. The third kappa shape index (κ3) is 5.01. The third-order valence-electron chi connectivity index (χ3n) is 6.46. The summed E-state index contributed by atoms with van der Waals surface area (Å²) in [6.07, 6.45) is 4.11. The fraction of sp³-hybridized carbons (Fsp3) is 0.345. The first kappa shape index (κ1) is 25.5. The Labute approximate surface area is 220 Å². The first-order chi connectivity index (χ1) is 18.1. The number of halogens is 1. The second-order valence-corrected chi connectivity index (χ2v) is 10.4. The number of carbonyl (C=O) groups excluding carboxylic acids is 1. The highest BCUT2D eigenvalue weighted by molar-refractivity contribution is 5.94. The maximum atomic E-state index is 14.5. The van der Waals surface area contributed by atoms with Crippen LogP contribution in [0.5, 0.6) is 17.2 Å². The quantitative estimate of drug-likeness (QED) is 0.299. The van der Waals surface area contributed by atoms with Gasteiger partial charge in [-0.25, -0.2) is 4.79 Å². The Morgan fingerprint density at radius 1 is 1.08 bits per heavy atom. The zero-order chi connectivity index (χ0) is 27.0. The van der Waals surface area contributed by atoms with E-state index in [2.05, 4.69) is 4.98 Å². The van der Waals surface area contributed by atoms with E-state index in [1.807, 2.05) is 56.9 Å². The SMILES string of the molecule is COc1cccc(Oc2ccc(-c3nn(C4CCN(C(=O)OC(C)(C)C)C4)c4c(C)cncc34)cc2)c1F. The smallest absolute Gasteiger partial charge is 0.410 e. The second-order valence-electron chi connectivity index (χ2n) is 10.4. The van der Waals surface area contributed by atoms with E-state index in [4.69, 9.17) is 19.3 Å². The van der Waals surface area contributed by atoms with Gasteiger partial charge in [-0.15, -0.1) is 0 Å². The number of nitrogens with zero attached hydrogens (tertiary/aromatic N) is 4. The Bertz CT molecular complexity index is 1480.